The molecule has 0 unspecified atom stereocenters. The van der Waals surface area contributed by atoms with Gasteiger partial charge in [0.2, 0.25) is 0 Å². The number of rotatable bonds is 4. The number of hydrogen-bond acceptors (Lipinski definition) is 3. The monoisotopic (exact) mass is 265 g/mol. The Morgan fingerprint density at radius 3 is 2.61 bits per heavy atom. The Bertz CT molecular complexity index is 563. The summed E-state index contributed by atoms with van der Waals surface area (Å²) in [5, 5.41) is 17.4. The maximum absolute atomic E-state index is 10.5. The third-order valence-electron chi connectivity index (χ3n) is 2.63. The molecule has 94 valence electrons. The van der Waals surface area contributed by atoms with Crippen molar-refractivity contribution in [3.05, 3.63) is 35.1 Å². The number of aliphatic carboxylic acids is 1. The van der Waals surface area contributed by atoms with E-state index in [-0.39, 0.29) is 6.42 Å². The molecule has 1 heterocycles. The minimum Gasteiger partial charge on any atom is -0.481 e. The number of carbonyl (C=O) groups is 1. The van der Waals surface area contributed by atoms with Gasteiger partial charge in [0.15, 0.2) is 5.82 Å². The molecule has 0 aliphatic rings. The molecule has 0 saturated carbocycles. The van der Waals surface area contributed by atoms with Crippen molar-refractivity contribution >= 4 is 17.6 Å². The summed E-state index contributed by atoms with van der Waals surface area (Å²) in [6.07, 6.45) is 0.416. The SMILES string of the molecule is Cn1c(CCC(=O)O)nnc1-c1ccc(Cl)cc1. The summed E-state index contributed by atoms with van der Waals surface area (Å²) in [4.78, 5) is 10.5. The number of aromatic nitrogens is 3. The van der Waals surface area contributed by atoms with Crippen molar-refractivity contribution in [3.8, 4) is 11.4 Å². The van der Waals surface area contributed by atoms with Gasteiger partial charge in [-0.3, -0.25) is 4.79 Å². The Morgan fingerprint density at radius 2 is 2.00 bits per heavy atom. The van der Waals surface area contributed by atoms with Gasteiger partial charge in [0.05, 0.1) is 6.42 Å². The van der Waals surface area contributed by atoms with E-state index in [1.54, 1.807) is 16.7 Å². The van der Waals surface area contributed by atoms with E-state index in [4.69, 9.17) is 16.7 Å². The van der Waals surface area contributed by atoms with Crippen molar-refractivity contribution in [2.24, 2.45) is 7.05 Å². The van der Waals surface area contributed by atoms with Crippen LogP contribution in [0.3, 0.4) is 0 Å². The molecule has 0 aliphatic heterocycles. The third kappa shape index (κ3) is 2.68. The molecule has 0 spiro atoms. The topological polar surface area (TPSA) is 68.0 Å². The average molecular weight is 266 g/mol. The fourth-order valence-corrected chi connectivity index (χ4v) is 1.77. The highest BCUT2D eigenvalue weighted by molar-refractivity contribution is 6.30. The van der Waals surface area contributed by atoms with Gasteiger partial charge in [0, 0.05) is 24.1 Å². The molecular formula is C12H12ClN3O2. The van der Waals surface area contributed by atoms with Crippen LogP contribution in [0.25, 0.3) is 11.4 Å². The van der Waals surface area contributed by atoms with Crippen LogP contribution in [0, 0.1) is 0 Å². The molecule has 0 saturated heterocycles. The summed E-state index contributed by atoms with van der Waals surface area (Å²) in [7, 11) is 1.82. The van der Waals surface area contributed by atoms with E-state index in [9.17, 15) is 4.79 Å². The Labute approximate surface area is 109 Å². The first-order chi connectivity index (χ1) is 8.58. The molecule has 0 amide bonds. The molecule has 1 aromatic heterocycles. The Kier molecular flexibility index (Phi) is 3.62. The molecule has 2 rings (SSSR count). The van der Waals surface area contributed by atoms with Crippen LogP contribution in [0.4, 0.5) is 0 Å². The number of benzene rings is 1. The summed E-state index contributed by atoms with van der Waals surface area (Å²) in [6.45, 7) is 0. The van der Waals surface area contributed by atoms with E-state index in [2.05, 4.69) is 10.2 Å². The number of hydrogen-bond donors (Lipinski definition) is 1. The number of aryl methyl sites for hydroxylation is 1. The van der Waals surface area contributed by atoms with Gasteiger partial charge in [-0.05, 0) is 24.3 Å². The lowest BCUT2D eigenvalue weighted by Crippen LogP contribution is -2.04. The largest absolute Gasteiger partial charge is 0.481 e. The van der Waals surface area contributed by atoms with Crippen LogP contribution in [0.2, 0.25) is 5.02 Å². The van der Waals surface area contributed by atoms with Crippen molar-refractivity contribution < 1.29 is 9.90 Å². The van der Waals surface area contributed by atoms with Gasteiger partial charge in [-0.2, -0.15) is 0 Å². The van der Waals surface area contributed by atoms with Crippen LogP contribution < -0.4 is 0 Å². The van der Waals surface area contributed by atoms with E-state index >= 15 is 0 Å². The van der Waals surface area contributed by atoms with Crippen molar-refractivity contribution in [1.29, 1.82) is 0 Å². The van der Waals surface area contributed by atoms with Crippen LogP contribution in [-0.4, -0.2) is 25.8 Å². The minimum atomic E-state index is -0.842. The van der Waals surface area contributed by atoms with Gasteiger partial charge in [-0.1, -0.05) is 11.6 Å². The Hall–Kier alpha value is -1.88. The zero-order valence-corrected chi connectivity index (χ0v) is 10.6. The lowest BCUT2D eigenvalue weighted by Gasteiger charge is -2.03. The first-order valence-electron chi connectivity index (χ1n) is 5.44. The number of carboxylic acid groups (broad SMARTS) is 1. The Morgan fingerprint density at radius 1 is 1.33 bits per heavy atom. The third-order valence-corrected chi connectivity index (χ3v) is 2.88. The quantitative estimate of drug-likeness (QED) is 0.920. The highest BCUT2D eigenvalue weighted by Gasteiger charge is 2.11. The van der Waals surface area contributed by atoms with E-state index < -0.39 is 5.97 Å². The van der Waals surface area contributed by atoms with Crippen LogP contribution in [-0.2, 0) is 18.3 Å². The number of carboxylic acids is 1. The summed E-state index contributed by atoms with van der Waals surface area (Å²) in [5.41, 5.74) is 0.899. The molecule has 6 heteroatoms. The lowest BCUT2D eigenvalue weighted by atomic mass is 10.2. The van der Waals surface area contributed by atoms with E-state index in [0.29, 0.717) is 23.1 Å². The molecule has 0 atom stereocenters. The second-order valence-corrected chi connectivity index (χ2v) is 4.34. The molecule has 18 heavy (non-hydrogen) atoms. The van der Waals surface area contributed by atoms with Crippen LogP contribution in [0.5, 0.6) is 0 Å². The molecule has 0 fully saturated rings. The molecule has 1 aromatic carbocycles. The van der Waals surface area contributed by atoms with Crippen LogP contribution in [0.1, 0.15) is 12.2 Å². The van der Waals surface area contributed by atoms with Crippen LogP contribution >= 0.6 is 11.6 Å². The molecule has 0 bridgehead atoms. The molecule has 2 aromatic rings. The van der Waals surface area contributed by atoms with Crippen molar-refractivity contribution in [2.75, 3.05) is 0 Å². The molecule has 1 N–H and O–H groups in total. The summed E-state index contributed by atoms with van der Waals surface area (Å²) in [5.74, 6) is 0.514. The van der Waals surface area contributed by atoms with Gasteiger partial charge in [0.1, 0.15) is 5.82 Å². The number of halogens is 1. The van der Waals surface area contributed by atoms with Crippen molar-refractivity contribution in [2.45, 2.75) is 12.8 Å². The van der Waals surface area contributed by atoms with Gasteiger partial charge >= 0.3 is 5.97 Å². The smallest absolute Gasteiger partial charge is 0.303 e. The second kappa shape index (κ2) is 5.18. The first kappa shape index (κ1) is 12.6. The molecular weight excluding hydrogens is 254 g/mol. The molecule has 0 radical (unpaired) electrons. The zero-order valence-electron chi connectivity index (χ0n) is 9.80. The zero-order chi connectivity index (χ0) is 13.1. The first-order valence-corrected chi connectivity index (χ1v) is 5.81. The van der Waals surface area contributed by atoms with E-state index in [0.717, 1.165) is 5.56 Å². The van der Waals surface area contributed by atoms with Gasteiger partial charge in [-0.15, -0.1) is 10.2 Å². The van der Waals surface area contributed by atoms with Gasteiger partial charge in [0.25, 0.3) is 0 Å². The predicted molar refractivity (Wildman–Crippen MR) is 67.4 cm³/mol. The second-order valence-electron chi connectivity index (χ2n) is 3.90. The van der Waals surface area contributed by atoms with Crippen molar-refractivity contribution in [3.63, 3.8) is 0 Å². The fourth-order valence-electron chi connectivity index (χ4n) is 1.65. The summed E-state index contributed by atoms with van der Waals surface area (Å²) >= 11 is 5.82. The van der Waals surface area contributed by atoms with E-state index in [1.807, 2.05) is 19.2 Å². The number of nitrogens with zero attached hydrogens (tertiary/aromatic N) is 3. The molecule has 5 nitrogen and oxygen atoms in total. The highest BCUT2D eigenvalue weighted by Crippen LogP contribution is 2.20. The summed E-state index contributed by atoms with van der Waals surface area (Å²) < 4.78 is 1.80. The maximum atomic E-state index is 10.5. The maximum Gasteiger partial charge on any atom is 0.303 e. The highest BCUT2D eigenvalue weighted by atomic mass is 35.5. The summed E-state index contributed by atoms with van der Waals surface area (Å²) in [6, 6.07) is 7.27. The standard InChI is InChI=1S/C12H12ClN3O2/c1-16-10(6-7-11(17)18)14-15-12(16)8-2-4-9(13)5-3-8/h2-5H,6-7H2,1H3,(H,17,18). The van der Waals surface area contributed by atoms with E-state index in [1.165, 1.54) is 0 Å². The van der Waals surface area contributed by atoms with Gasteiger partial charge < -0.3 is 9.67 Å². The average Bonchev–Trinajstić information content (AvgIpc) is 2.69. The van der Waals surface area contributed by atoms with Crippen molar-refractivity contribution in [1.82, 2.24) is 14.8 Å². The fraction of sp³-hybridized carbons (Fsp3) is 0.250. The molecule has 0 aliphatic carbocycles. The normalized spacial score (nSPS) is 10.6. The predicted octanol–water partition coefficient (Wildman–Crippen LogP) is 2.15. The lowest BCUT2D eigenvalue weighted by molar-refractivity contribution is -0.137. The Balaban J connectivity index is 2.25. The van der Waals surface area contributed by atoms with Gasteiger partial charge in [-0.25, -0.2) is 0 Å². The van der Waals surface area contributed by atoms with Crippen LogP contribution in [0.15, 0.2) is 24.3 Å². The minimum absolute atomic E-state index is 0.0482.